The highest BCUT2D eigenvalue weighted by molar-refractivity contribution is 6.58. The molecule has 16 heavy (non-hydrogen) atoms. The molecule has 1 aromatic carbocycles. The van der Waals surface area contributed by atoms with E-state index in [0.717, 1.165) is 5.56 Å². The third-order valence-electron chi connectivity index (χ3n) is 2.32. The molecule has 0 aliphatic carbocycles. The van der Waals surface area contributed by atoms with Crippen molar-refractivity contribution in [3.63, 3.8) is 0 Å². The second-order valence-corrected chi connectivity index (χ2v) is 3.54. The van der Waals surface area contributed by atoms with E-state index in [1.807, 2.05) is 0 Å². The Kier molecular flexibility index (Phi) is 4.48. The van der Waals surface area contributed by atoms with E-state index in [9.17, 15) is 4.79 Å². The van der Waals surface area contributed by atoms with Crippen LogP contribution in [0.15, 0.2) is 24.3 Å². The number of hydrogen-bond acceptors (Lipinski definition) is 4. The topological polar surface area (TPSA) is 95.6 Å². The molecule has 0 aliphatic rings. The SMILES string of the molecule is CNC(=O)[C@@H](N)Cc1ccc(B(O)O)cc1. The van der Waals surface area contributed by atoms with E-state index in [-0.39, 0.29) is 5.91 Å². The van der Waals surface area contributed by atoms with Crippen molar-refractivity contribution in [3.8, 4) is 0 Å². The Balaban J connectivity index is 2.65. The number of hydrogen-bond donors (Lipinski definition) is 4. The van der Waals surface area contributed by atoms with E-state index in [0.29, 0.717) is 11.9 Å². The monoisotopic (exact) mass is 222 g/mol. The lowest BCUT2D eigenvalue weighted by Gasteiger charge is -2.10. The summed E-state index contributed by atoms with van der Waals surface area (Å²) in [7, 11) is 0.0644. The molecular weight excluding hydrogens is 207 g/mol. The number of amides is 1. The molecular formula is C10H15BN2O3. The van der Waals surface area contributed by atoms with Crippen molar-refractivity contribution < 1.29 is 14.8 Å². The predicted molar refractivity (Wildman–Crippen MR) is 62.0 cm³/mol. The van der Waals surface area contributed by atoms with Gasteiger partial charge in [0, 0.05) is 7.05 Å². The van der Waals surface area contributed by atoms with Gasteiger partial charge in [0.1, 0.15) is 0 Å². The Morgan fingerprint density at radius 1 is 1.44 bits per heavy atom. The highest BCUT2D eigenvalue weighted by atomic mass is 16.4. The highest BCUT2D eigenvalue weighted by Gasteiger charge is 2.13. The molecule has 5 nitrogen and oxygen atoms in total. The summed E-state index contributed by atoms with van der Waals surface area (Å²) in [5, 5.41) is 20.2. The molecule has 0 fully saturated rings. The molecule has 1 amide bonds. The van der Waals surface area contributed by atoms with Crippen molar-refractivity contribution in [2.45, 2.75) is 12.5 Å². The summed E-state index contributed by atoms with van der Waals surface area (Å²) in [5.74, 6) is -0.216. The van der Waals surface area contributed by atoms with Crippen LogP contribution in [-0.2, 0) is 11.2 Å². The molecule has 0 unspecified atom stereocenters. The number of rotatable bonds is 4. The molecule has 1 atom stereocenters. The molecule has 0 spiro atoms. The molecule has 1 rings (SSSR count). The summed E-state index contributed by atoms with van der Waals surface area (Å²) in [6, 6.07) is 6.04. The maximum absolute atomic E-state index is 11.2. The maximum atomic E-state index is 11.2. The Hall–Kier alpha value is -1.37. The van der Waals surface area contributed by atoms with Crippen molar-refractivity contribution in [1.82, 2.24) is 5.32 Å². The van der Waals surface area contributed by atoms with Crippen LogP contribution in [0.4, 0.5) is 0 Å². The molecule has 0 aliphatic heterocycles. The van der Waals surface area contributed by atoms with E-state index in [1.165, 1.54) is 7.05 Å². The fourth-order valence-electron chi connectivity index (χ4n) is 1.36. The van der Waals surface area contributed by atoms with Gasteiger partial charge in [0.15, 0.2) is 0 Å². The number of likely N-dealkylation sites (N-methyl/N-ethyl adjacent to an activating group) is 1. The second kappa shape index (κ2) is 5.65. The van der Waals surface area contributed by atoms with Crippen molar-refractivity contribution in [1.29, 1.82) is 0 Å². The molecule has 6 heteroatoms. The number of carbonyl (C=O) groups is 1. The predicted octanol–water partition coefficient (Wildman–Crippen LogP) is -2.02. The first-order valence-corrected chi connectivity index (χ1v) is 4.96. The van der Waals surface area contributed by atoms with Crippen LogP contribution >= 0.6 is 0 Å². The number of nitrogens with two attached hydrogens (primary N) is 1. The third-order valence-corrected chi connectivity index (χ3v) is 2.32. The fraction of sp³-hybridized carbons (Fsp3) is 0.300. The summed E-state index contributed by atoms with van der Waals surface area (Å²) in [4.78, 5) is 11.2. The zero-order chi connectivity index (χ0) is 12.1. The summed E-state index contributed by atoms with van der Waals surface area (Å²) in [6.45, 7) is 0. The minimum absolute atomic E-state index is 0.216. The molecule has 0 heterocycles. The van der Waals surface area contributed by atoms with Gasteiger partial charge in [-0.1, -0.05) is 24.3 Å². The number of benzene rings is 1. The van der Waals surface area contributed by atoms with Crippen LogP contribution in [0, 0.1) is 0 Å². The van der Waals surface area contributed by atoms with Gasteiger partial charge in [0.25, 0.3) is 0 Å². The standard InChI is InChI=1S/C10H15BN2O3/c1-13-10(14)9(12)6-7-2-4-8(5-3-7)11(15)16/h2-5,9,15-16H,6,12H2,1H3,(H,13,14)/t9-/m0/s1. The average molecular weight is 222 g/mol. The van der Waals surface area contributed by atoms with Crippen molar-refractivity contribution in [2.24, 2.45) is 5.73 Å². The smallest absolute Gasteiger partial charge is 0.423 e. The molecule has 1 aromatic rings. The minimum Gasteiger partial charge on any atom is -0.423 e. The van der Waals surface area contributed by atoms with Crippen LogP contribution < -0.4 is 16.5 Å². The van der Waals surface area contributed by atoms with Gasteiger partial charge in [-0.15, -0.1) is 0 Å². The minimum atomic E-state index is -1.47. The van der Waals surface area contributed by atoms with Gasteiger partial charge in [-0.2, -0.15) is 0 Å². The van der Waals surface area contributed by atoms with Crippen LogP contribution in [0.1, 0.15) is 5.56 Å². The molecule has 0 radical (unpaired) electrons. The van der Waals surface area contributed by atoms with E-state index in [1.54, 1.807) is 24.3 Å². The molecule has 0 saturated heterocycles. The molecule has 5 N–H and O–H groups in total. The Morgan fingerprint density at radius 3 is 2.44 bits per heavy atom. The number of carbonyl (C=O) groups excluding carboxylic acids is 1. The molecule has 0 saturated carbocycles. The molecule has 0 aromatic heterocycles. The second-order valence-electron chi connectivity index (χ2n) is 3.54. The maximum Gasteiger partial charge on any atom is 0.488 e. The zero-order valence-corrected chi connectivity index (χ0v) is 9.05. The van der Waals surface area contributed by atoms with Crippen molar-refractivity contribution in [2.75, 3.05) is 7.05 Å². The first kappa shape index (κ1) is 12.7. The Morgan fingerprint density at radius 2 is 2.00 bits per heavy atom. The van der Waals surface area contributed by atoms with Crippen molar-refractivity contribution in [3.05, 3.63) is 29.8 Å². The first-order valence-electron chi connectivity index (χ1n) is 4.96. The lowest BCUT2D eigenvalue weighted by atomic mass is 9.80. The largest absolute Gasteiger partial charge is 0.488 e. The van der Waals surface area contributed by atoms with Gasteiger partial charge in [-0.3, -0.25) is 4.79 Å². The number of nitrogens with one attached hydrogen (secondary N) is 1. The van der Waals surface area contributed by atoms with Crippen LogP contribution in [0.5, 0.6) is 0 Å². The van der Waals surface area contributed by atoms with Crippen LogP contribution in [0.25, 0.3) is 0 Å². The first-order chi connectivity index (χ1) is 7.54. The lowest BCUT2D eigenvalue weighted by Crippen LogP contribution is -2.40. The highest BCUT2D eigenvalue weighted by Crippen LogP contribution is 2.01. The zero-order valence-electron chi connectivity index (χ0n) is 9.05. The van der Waals surface area contributed by atoms with E-state index >= 15 is 0 Å². The summed E-state index contributed by atoms with van der Waals surface area (Å²) in [6.07, 6.45) is 0.418. The van der Waals surface area contributed by atoms with Gasteiger partial charge in [0.05, 0.1) is 6.04 Å². The van der Waals surface area contributed by atoms with Crippen LogP contribution in [-0.4, -0.2) is 36.2 Å². The molecule has 86 valence electrons. The third kappa shape index (κ3) is 3.34. The van der Waals surface area contributed by atoms with Gasteiger partial charge in [0.2, 0.25) is 5.91 Å². The van der Waals surface area contributed by atoms with Gasteiger partial charge >= 0.3 is 7.12 Å². The van der Waals surface area contributed by atoms with E-state index < -0.39 is 13.2 Å². The van der Waals surface area contributed by atoms with Gasteiger partial charge < -0.3 is 21.1 Å². The van der Waals surface area contributed by atoms with E-state index in [4.69, 9.17) is 15.8 Å². The molecule has 0 bridgehead atoms. The van der Waals surface area contributed by atoms with Gasteiger partial charge in [-0.05, 0) is 17.4 Å². The normalized spacial score (nSPS) is 12.0. The lowest BCUT2D eigenvalue weighted by molar-refractivity contribution is -0.121. The van der Waals surface area contributed by atoms with Gasteiger partial charge in [-0.25, -0.2) is 0 Å². The summed E-state index contributed by atoms with van der Waals surface area (Å²) in [5.41, 5.74) is 6.94. The van der Waals surface area contributed by atoms with Crippen LogP contribution in [0.3, 0.4) is 0 Å². The van der Waals surface area contributed by atoms with E-state index in [2.05, 4.69) is 5.32 Å². The quantitative estimate of drug-likeness (QED) is 0.442. The van der Waals surface area contributed by atoms with Crippen molar-refractivity contribution >= 4 is 18.5 Å². The fourth-order valence-corrected chi connectivity index (χ4v) is 1.36. The average Bonchev–Trinajstić information content (AvgIpc) is 2.28. The van der Waals surface area contributed by atoms with Crippen LogP contribution in [0.2, 0.25) is 0 Å². The summed E-state index contributed by atoms with van der Waals surface area (Å²) < 4.78 is 0. The summed E-state index contributed by atoms with van der Waals surface area (Å²) >= 11 is 0. The Bertz CT molecular complexity index is 354. The Labute approximate surface area is 94.4 Å².